The molecule has 4 nitrogen and oxygen atoms in total. The lowest BCUT2D eigenvalue weighted by molar-refractivity contribution is 0.0955. The monoisotopic (exact) mass is 315 g/mol. The minimum absolute atomic E-state index is 0.265. The second kappa shape index (κ2) is 7.24. The number of rotatable bonds is 4. The van der Waals surface area contributed by atoms with Crippen molar-refractivity contribution in [3.8, 4) is 0 Å². The van der Waals surface area contributed by atoms with Crippen molar-refractivity contribution in [1.29, 1.82) is 0 Å². The Balaban J connectivity index is 1.96. The number of nitrogens with two attached hydrogens (primary N) is 1. The molecule has 4 heteroatoms. The molecule has 0 bridgehead atoms. The van der Waals surface area contributed by atoms with Crippen LogP contribution in [0.2, 0.25) is 0 Å². The molecule has 0 aliphatic heterocycles. The van der Waals surface area contributed by atoms with Gasteiger partial charge >= 0.3 is 0 Å². The van der Waals surface area contributed by atoms with Crippen LogP contribution >= 0.6 is 0 Å². The van der Waals surface area contributed by atoms with E-state index in [0.717, 1.165) is 11.1 Å². The van der Waals surface area contributed by atoms with E-state index in [4.69, 9.17) is 5.73 Å². The van der Waals surface area contributed by atoms with E-state index < -0.39 is 0 Å². The third kappa shape index (κ3) is 3.50. The molecule has 0 aliphatic carbocycles. The molecule has 3 N–H and O–H groups in total. The SMILES string of the molecule is Nc1ccccc1/C(=N/NC(=O)c1ccccc1)c1ccccc1. The fraction of sp³-hybridized carbons (Fsp3) is 0. The van der Waals surface area contributed by atoms with Crippen molar-refractivity contribution < 1.29 is 4.79 Å². The molecule has 0 saturated heterocycles. The van der Waals surface area contributed by atoms with E-state index in [2.05, 4.69) is 10.5 Å². The fourth-order valence-corrected chi connectivity index (χ4v) is 2.35. The van der Waals surface area contributed by atoms with Crippen molar-refractivity contribution in [3.63, 3.8) is 0 Å². The first-order valence-corrected chi connectivity index (χ1v) is 7.59. The van der Waals surface area contributed by atoms with Crippen LogP contribution in [0.3, 0.4) is 0 Å². The van der Waals surface area contributed by atoms with Gasteiger partial charge in [-0.1, -0.05) is 66.7 Å². The quantitative estimate of drug-likeness (QED) is 0.440. The summed E-state index contributed by atoms with van der Waals surface area (Å²) in [5, 5.41) is 4.34. The van der Waals surface area contributed by atoms with Crippen LogP contribution < -0.4 is 11.2 Å². The van der Waals surface area contributed by atoms with E-state index in [0.29, 0.717) is 17.0 Å². The number of hydrazone groups is 1. The number of anilines is 1. The Labute approximate surface area is 140 Å². The van der Waals surface area contributed by atoms with E-state index >= 15 is 0 Å². The molecule has 24 heavy (non-hydrogen) atoms. The minimum Gasteiger partial charge on any atom is -0.398 e. The van der Waals surface area contributed by atoms with Gasteiger partial charge in [-0.25, -0.2) is 5.43 Å². The molecule has 0 spiro atoms. The minimum atomic E-state index is -0.265. The molecule has 0 aliphatic rings. The fourth-order valence-electron chi connectivity index (χ4n) is 2.35. The number of carbonyl (C=O) groups is 1. The second-order valence-corrected chi connectivity index (χ2v) is 5.22. The molecule has 0 unspecified atom stereocenters. The van der Waals surface area contributed by atoms with Crippen LogP contribution in [0.4, 0.5) is 5.69 Å². The zero-order chi connectivity index (χ0) is 16.8. The number of benzene rings is 3. The van der Waals surface area contributed by atoms with Gasteiger partial charge < -0.3 is 5.73 Å². The summed E-state index contributed by atoms with van der Waals surface area (Å²) in [6.07, 6.45) is 0. The maximum Gasteiger partial charge on any atom is 0.271 e. The molecule has 0 atom stereocenters. The van der Waals surface area contributed by atoms with Crippen LogP contribution in [0.25, 0.3) is 0 Å². The molecular weight excluding hydrogens is 298 g/mol. The van der Waals surface area contributed by atoms with Crippen LogP contribution in [0.15, 0.2) is 90.0 Å². The summed E-state index contributed by atoms with van der Waals surface area (Å²) < 4.78 is 0. The number of hydrogen-bond donors (Lipinski definition) is 2. The Kier molecular flexibility index (Phi) is 4.68. The Bertz CT molecular complexity index is 858. The van der Waals surface area contributed by atoms with Gasteiger partial charge in [0.1, 0.15) is 0 Å². The van der Waals surface area contributed by atoms with Gasteiger partial charge in [0, 0.05) is 22.4 Å². The van der Waals surface area contributed by atoms with Crippen molar-refractivity contribution in [2.75, 3.05) is 5.73 Å². The van der Waals surface area contributed by atoms with E-state index in [9.17, 15) is 4.79 Å². The lowest BCUT2D eigenvalue weighted by atomic mass is 10.0. The number of hydrogen-bond acceptors (Lipinski definition) is 3. The van der Waals surface area contributed by atoms with Gasteiger partial charge in [-0.2, -0.15) is 5.10 Å². The van der Waals surface area contributed by atoms with Gasteiger partial charge in [0.2, 0.25) is 0 Å². The lowest BCUT2D eigenvalue weighted by Gasteiger charge is -2.10. The number of nitrogens with zero attached hydrogens (tertiary/aromatic N) is 1. The van der Waals surface area contributed by atoms with E-state index in [-0.39, 0.29) is 5.91 Å². The Morgan fingerprint density at radius 2 is 1.29 bits per heavy atom. The van der Waals surface area contributed by atoms with Crippen molar-refractivity contribution in [2.45, 2.75) is 0 Å². The summed E-state index contributed by atoms with van der Waals surface area (Å²) in [5.74, 6) is -0.265. The number of nitrogen functional groups attached to an aromatic ring is 1. The number of nitrogens with one attached hydrogen (secondary N) is 1. The van der Waals surface area contributed by atoms with Crippen molar-refractivity contribution in [2.24, 2.45) is 5.10 Å². The highest BCUT2D eigenvalue weighted by molar-refractivity contribution is 6.16. The molecule has 3 aromatic carbocycles. The third-order valence-corrected chi connectivity index (χ3v) is 3.57. The first-order chi connectivity index (χ1) is 11.8. The Hall–Kier alpha value is -3.40. The molecular formula is C20H17N3O. The largest absolute Gasteiger partial charge is 0.398 e. The average molecular weight is 315 g/mol. The average Bonchev–Trinajstić information content (AvgIpc) is 2.65. The van der Waals surface area contributed by atoms with Crippen LogP contribution in [0.5, 0.6) is 0 Å². The highest BCUT2D eigenvalue weighted by Gasteiger charge is 2.11. The Morgan fingerprint density at radius 3 is 1.92 bits per heavy atom. The summed E-state index contributed by atoms with van der Waals surface area (Å²) in [5.41, 5.74) is 12.1. The molecule has 0 aromatic heterocycles. The lowest BCUT2D eigenvalue weighted by Crippen LogP contribution is -2.21. The maximum atomic E-state index is 12.2. The van der Waals surface area contributed by atoms with Gasteiger partial charge in [0.15, 0.2) is 0 Å². The van der Waals surface area contributed by atoms with E-state index in [1.807, 2.05) is 72.8 Å². The first-order valence-electron chi connectivity index (χ1n) is 7.59. The van der Waals surface area contributed by atoms with Gasteiger partial charge in [-0.15, -0.1) is 0 Å². The van der Waals surface area contributed by atoms with Gasteiger partial charge in [0.25, 0.3) is 5.91 Å². The van der Waals surface area contributed by atoms with Crippen LogP contribution in [0.1, 0.15) is 21.5 Å². The molecule has 0 heterocycles. The molecule has 0 saturated carbocycles. The second-order valence-electron chi connectivity index (χ2n) is 5.22. The van der Waals surface area contributed by atoms with Crippen LogP contribution in [-0.2, 0) is 0 Å². The summed E-state index contributed by atoms with van der Waals surface area (Å²) in [4.78, 5) is 12.2. The smallest absolute Gasteiger partial charge is 0.271 e. The van der Waals surface area contributed by atoms with Gasteiger partial charge in [-0.3, -0.25) is 4.79 Å². The molecule has 118 valence electrons. The van der Waals surface area contributed by atoms with Crippen LogP contribution in [-0.4, -0.2) is 11.6 Å². The molecule has 0 radical (unpaired) electrons. The topological polar surface area (TPSA) is 67.5 Å². The zero-order valence-corrected chi connectivity index (χ0v) is 13.0. The zero-order valence-electron chi connectivity index (χ0n) is 13.0. The highest BCUT2D eigenvalue weighted by Crippen LogP contribution is 2.17. The van der Waals surface area contributed by atoms with Gasteiger partial charge in [-0.05, 0) is 18.2 Å². The summed E-state index contributed by atoms with van der Waals surface area (Å²) in [6, 6.07) is 26.0. The predicted molar refractivity (Wildman–Crippen MR) is 96.8 cm³/mol. The highest BCUT2D eigenvalue weighted by atomic mass is 16.2. The number of carbonyl (C=O) groups excluding carboxylic acids is 1. The van der Waals surface area contributed by atoms with E-state index in [1.54, 1.807) is 12.1 Å². The van der Waals surface area contributed by atoms with Crippen molar-refractivity contribution in [3.05, 3.63) is 102 Å². The van der Waals surface area contributed by atoms with Crippen molar-refractivity contribution in [1.82, 2.24) is 5.43 Å². The number of amides is 1. The van der Waals surface area contributed by atoms with Crippen molar-refractivity contribution >= 4 is 17.3 Å². The summed E-state index contributed by atoms with van der Waals surface area (Å²) >= 11 is 0. The van der Waals surface area contributed by atoms with E-state index in [1.165, 1.54) is 0 Å². The molecule has 0 fully saturated rings. The third-order valence-electron chi connectivity index (χ3n) is 3.57. The molecule has 3 aromatic rings. The summed E-state index contributed by atoms with van der Waals surface area (Å²) in [7, 11) is 0. The first kappa shape index (κ1) is 15.5. The summed E-state index contributed by atoms with van der Waals surface area (Å²) in [6.45, 7) is 0. The molecule has 1 amide bonds. The maximum absolute atomic E-state index is 12.2. The standard InChI is InChI=1S/C20H17N3O/c21-18-14-8-7-13-17(18)19(15-9-3-1-4-10-15)22-23-20(24)16-11-5-2-6-12-16/h1-14H,21H2,(H,23,24)/b22-19+. The molecule has 3 rings (SSSR count). The van der Waals surface area contributed by atoms with Gasteiger partial charge in [0.05, 0.1) is 5.71 Å². The predicted octanol–water partition coefficient (Wildman–Crippen LogP) is 3.45. The normalized spacial score (nSPS) is 11.1. The van der Waals surface area contributed by atoms with Crippen LogP contribution in [0, 0.1) is 0 Å². The number of para-hydroxylation sites is 1. The Morgan fingerprint density at radius 1 is 0.750 bits per heavy atom.